The Balaban J connectivity index is 2.03. The second-order valence-corrected chi connectivity index (χ2v) is 4.61. The van der Waals surface area contributed by atoms with Crippen LogP contribution in [0.15, 0.2) is 29.6 Å². The van der Waals surface area contributed by atoms with Crippen molar-refractivity contribution in [3.05, 3.63) is 40.9 Å². The number of nitrogen functional groups attached to an aromatic ring is 1. The highest BCUT2D eigenvalue weighted by atomic mass is 32.1. The lowest BCUT2D eigenvalue weighted by Gasteiger charge is -2.08. The minimum atomic E-state index is 0.637. The van der Waals surface area contributed by atoms with Crippen molar-refractivity contribution in [2.24, 2.45) is 0 Å². The zero-order chi connectivity index (χ0) is 12.1. The van der Waals surface area contributed by atoms with Crippen LogP contribution in [-0.2, 0) is 12.8 Å². The Bertz CT molecular complexity index is 482. The van der Waals surface area contributed by atoms with E-state index in [0.29, 0.717) is 11.7 Å². The molecule has 0 amide bonds. The number of anilines is 1. The van der Waals surface area contributed by atoms with Crippen molar-refractivity contribution in [2.45, 2.75) is 19.8 Å². The second kappa shape index (κ2) is 5.68. The molecule has 1 heterocycles. The topological polar surface area (TPSA) is 48.1 Å². The third-order valence-electron chi connectivity index (χ3n) is 2.49. The Morgan fingerprint density at radius 2 is 2.12 bits per heavy atom. The first-order valence-electron chi connectivity index (χ1n) is 5.70. The molecule has 3 nitrogen and oxygen atoms in total. The van der Waals surface area contributed by atoms with E-state index in [9.17, 15) is 0 Å². The summed E-state index contributed by atoms with van der Waals surface area (Å²) in [7, 11) is 0. The average molecular weight is 248 g/mol. The van der Waals surface area contributed by atoms with Gasteiger partial charge in [0.15, 0.2) is 5.13 Å². The maximum atomic E-state index is 5.61. The number of aryl methyl sites for hydroxylation is 2. The van der Waals surface area contributed by atoms with E-state index in [4.69, 9.17) is 10.5 Å². The first-order chi connectivity index (χ1) is 8.29. The van der Waals surface area contributed by atoms with E-state index in [2.05, 4.69) is 11.1 Å². The fourth-order valence-electron chi connectivity index (χ4n) is 1.71. The maximum Gasteiger partial charge on any atom is 0.180 e. The van der Waals surface area contributed by atoms with Crippen molar-refractivity contribution in [1.29, 1.82) is 0 Å². The molecule has 2 aromatic rings. The SMILES string of the molecule is CCOc1ccccc1CCc1csc(N)n1. The van der Waals surface area contributed by atoms with Gasteiger partial charge in [-0.2, -0.15) is 0 Å². The standard InChI is InChI=1S/C13H16N2OS/c1-2-16-12-6-4-3-5-10(12)7-8-11-9-17-13(14)15-11/h3-6,9H,2,7-8H2,1H3,(H2,14,15). The molecule has 2 N–H and O–H groups in total. The van der Waals surface area contributed by atoms with Gasteiger partial charge in [0.2, 0.25) is 0 Å². The molecule has 17 heavy (non-hydrogen) atoms. The van der Waals surface area contributed by atoms with Crippen LogP contribution in [0.4, 0.5) is 5.13 Å². The number of benzene rings is 1. The van der Waals surface area contributed by atoms with Crippen molar-refractivity contribution >= 4 is 16.5 Å². The van der Waals surface area contributed by atoms with Gasteiger partial charge in [-0.05, 0) is 31.4 Å². The fourth-order valence-corrected chi connectivity index (χ4v) is 2.30. The number of thiazole rings is 1. The van der Waals surface area contributed by atoms with Gasteiger partial charge in [-0.25, -0.2) is 4.98 Å². The van der Waals surface area contributed by atoms with Gasteiger partial charge in [0.05, 0.1) is 12.3 Å². The number of hydrogen-bond acceptors (Lipinski definition) is 4. The minimum Gasteiger partial charge on any atom is -0.494 e. The van der Waals surface area contributed by atoms with E-state index < -0.39 is 0 Å². The van der Waals surface area contributed by atoms with E-state index >= 15 is 0 Å². The lowest BCUT2D eigenvalue weighted by atomic mass is 10.1. The first-order valence-corrected chi connectivity index (χ1v) is 6.58. The predicted octanol–water partition coefficient (Wildman–Crippen LogP) is 2.91. The molecule has 0 unspecified atom stereocenters. The Morgan fingerprint density at radius 1 is 1.29 bits per heavy atom. The van der Waals surface area contributed by atoms with Crippen molar-refractivity contribution in [3.63, 3.8) is 0 Å². The molecule has 0 aliphatic carbocycles. The van der Waals surface area contributed by atoms with Crippen LogP contribution in [0.3, 0.4) is 0 Å². The van der Waals surface area contributed by atoms with Crippen molar-refractivity contribution in [1.82, 2.24) is 4.98 Å². The average Bonchev–Trinajstić information content (AvgIpc) is 2.74. The van der Waals surface area contributed by atoms with Gasteiger partial charge in [-0.3, -0.25) is 0 Å². The fraction of sp³-hybridized carbons (Fsp3) is 0.308. The van der Waals surface area contributed by atoms with Crippen LogP contribution in [0.5, 0.6) is 5.75 Å². The van der Waals surface area contributed by atoms with E-state index in [0.717, 1.165) is 24.3 Å². The van der Waals surface area contributed by atoms with Gasteiger partial charge >= 0.3 is 0 Å². The minimum absolute atomic E-state index is 0.637. The number of hydrogen-bond donors (Lipinski definition) is 1. The highest BCUT2D eigenvalue weighted by Crippen LogP contribution is 2.20. The third-order valence-corrected chi connectivity index (χ3v) is 3.22. The molecule has 2 rings (SSSR count). The highest BCUT2D eigenvalue weighted by Gasteiger charge is 2.04. The molecule has 1 aromatic carbocycles. The van der Waals surface area contributed by atoms with E-state index in [1.54, 1.807) is 0 Å². The summed E-state index contributed by atoms with van der Waals surface area (Å²) in [5, 5.41) is 2.65. The summed E-state index contributed by atoms with van der Waals surface area (Å²) < 4.78 is 5.59. The molecule has 0 radical (unpaired) electrons. The Kier molecular flexibility index (Phi) is 3.98. The largest absolute Gasteiger partial charge is 0.494 e. The molecule has 0 fully saturated rings. The van der Waals surface area contributed by atoms with Gasteiger partial charge in [0.1, 0.15) is 5.75 Å². The molecule has 1 aromatic heterocycles. The molecule has 0 bridgehead atoms. The van der Waals surface area contributed by atoms with Crippen LogP contribution < -0.4 is 10.5 Å². The summed E-state index contributed by atoms with van der Waals surface area (Å²) in [6.07, 6.45) is 1.83. The van der Waals surface area contributed by atoms with Crippen LogP contribution in [0.2, 0.25) is 0 Å². The molecule has 0 saturated heterocycles. The van der Waals surface area contributed by atoms with Crippen molar-refractivity contribution < 1.29 is 4.74 Å². The Hall–Kier alpha value is -1.55. The van der Waals surface area contributed by atoms with E-state index in [1.807, 2.05) is 30.5 Å². The predicted molar refractivity (Wildman–Crippen MR) is 71.5 cm³/mol. The number of nitrogens with two attached hydrogens (primary N) is 1. The molecule has 0 aliphatic heterocycles. The highest BCUT2D eigenvalue weighted by molar-refractivity contribution is 7.13. The van der Waals surface area contributed by atoms with Gasteiger partial charge in [0, 0.05) is 5.38 Å². The molecule has 90 valence electrons. The summed E-state index contributed by atoms with van der Waals surface area (Å²) in [6.45, 7) is 2.69. The summed E-state index contributed by atoms with van der Waals surface area (Å²) in [4.78, 5) is 4.26. The summed E-state index contributed by atoms with van der Waals surface area (Å²) in [6, 6.07) is 8.14. The lowest BCUT2D eigenvalue weighted by molar-refractivity contribution is 0.336. The van der Waals surface area contributed by atoms with Gasteiger partial charge in [-0.1, -0.05) is 18.2 Å². The van der Waals surface area contributed by atoms with Crippen LogP contribution in [0.1, 0.15) is 18.2 Å². The smallest absolute Gasteiger partial charge is 0.180 e. The molecule has 0 aliphatic rings. The molecular formula is C13H16N2OS. The van der Waals surface area contributed by atoms with Crippen molar-refractivity contribution in [3.8, 4) is 5.75 Å². The first kappa shape index (κ1) is 11.9. The zero-order valence-electron chi connectivity index (χ0n) is 9.85. The van der Waals surface area contributed by atoms with Gasteiger partial charge < -0.3 is 10.5 Å². The summed E-state index contributed by atoms with van der Waals surface area (Å²) in [5.41, 5.74) is 7.89. The molecule has 0 atom stereocenters. The van der Waals surface area contributed by atoms with Crippen LogP contribution in [0, 0.1) is 0 Å². The quantitative estimate of drug-likeness (QED) is 0.885. The summed E-state index contributed by atoms with van der Waals surface area (Å²) in [5.74, 6) is 0.971. The van der Waals surface area contributed by atoms with Gasteiger partial charge in [-0.15, -0.1) is 11.3 Å². The Labute approximate surface area is 105 Å². The summed E-state index contributed by atoms with van der Waals surface area (Å²) >= 11 is 1.49. The van der Waals surface area contributed by atoms with E-state index in [1.165, 1.54) is 16.9 Å². The Morgan fingerprint density at radius 3 is 2.82 bits per heavy atom. The lowest BCUT2D eigenvalue weighted by Crippen LogP contribution is -1.98. The molecular weight excluding hydrogens is 232 g/mol. The maximum absolute atomic E-state index is 5.61. The van der Waals surface area contributed by atoms with Crippen LogP contribution in [0.25, 0.3) is 0 Å². The third kappa shape index (κ3) is 3.20. The second-order valence-electron chi connectivity index (χ2n) is 3.72. The van der Waals surface area contributed by atoms with Crippen LogP contribution in [-0.4, -0.2) is 11.6 Å². The van der Waals surface area contributed by atoms with Gasteiger partial charge in [0.25, 0.3) is 0 Å². The number of para-hydroxylation sites is 1. The van der Waals surface area contributed by atoms with Crippen LogP contribution >= 0.6 is 11.3 Å². The molecule has 4 heteroatoms. The van der Waals surface area contributed by atoms with E-state index in [-0.39, 0.29) is 0 Å². The monoisotopic (exact) mass is 248 g/mol. The normalized spacial score (nSPS) is 10.4. The number of aromatic nitrogens is 1. The molecule has 0 saturated carbocycles. The number of nitrogens with zero attached hydrogens (tertiary/aromatic N) is 1. The molecule has 0 spiro atoms. The number of ether oxygens (including phenoxy) is 1. The van der Waals surface area contributed by atoms with Crippen molar-refractivity contribution in [2.75, 3.05) is 12.3 Å². The zero-order valence-corrected chi connectivity index (χ0v) is 10.7. The number of rotatable bonds is 5.